The molecule has 1 amide bonds. The van der Waals surface area contributed by atoms with Crippen LogP contribution in [0.2, 0.25) is 0 Å². The molecule has 1 heterocycles. The molecule has 1 aromatic rings. The van der Waals surface area contributed by atoms with Gasteiger partial charge in [-0.3, -0.25) is 9.59 Å². The Hall–Kier alpha value is -1.46. The fourth-order valence-corrected chi connectivity index (χ4v) is 3.96. The highest BCUT2D eigenvalue weighted by Gasteiger charge is 2.69. The first-order valence-corrected chi connectivity index (χ1v) is 9.55. The third kappa shape index (κ3) is 3.52. The minimum absolute atomic E-state index is 0.182. The lowest BCUT2D eigenvalue weighted by molar-refractivity contribution is -0.156. The molecule has 1 aromatic carbocycles. The Morgan fingerprint density at radius 1 is 1.15 bits per heavy atom. The molecule has 26 heavy (non-hydrogen) atoms. The van der Waals surface area contributed by atoms with Crippen molar-refractivity contribution in [2.45, 2.75) is 31.5 Å². The van der Waals surface area contributed by atoms with Gasteiger partial charge in [-0.1, -0.05) is 12.1 Å². The second-order valence-electron chi connectivity index (χ2n) is 7.38. The molecule has 2 aliphatic rings. The van der Waals surface area contributed by atoms with E-state index in [1.165, 1.54) is 16.8 Å². The topological polar surface area (TPSA) is 49.9 Å². The quantitative estimate of drug-likeness (QED) is 0.577. The molecule has 5 nitrogen and oxygen atoms in total. The molecule has 3 rings (SSSR count). The summed E-state index contributed by atoms with van der Waals surface area (Å²) < 4.78 is 4.07. The van der Waals surface area contributed by atoms with E-state index in [2.05, 4.69) is 36.9 Å². The van der Waals surface area contributed by atoms with Crippen LogP contribution in [0.4, 0.5) is 5.69 Å². The standard InChI is InChI=1S/C19H24Cl2N2O3/c1-13-5-4-6-15(14(13)2)22-7-9-23(10-8-22)16(24)11-26-17(25)18(3)12-19(18,20)21/h4-6H,7-12H2,1-3H3/t18-/m0/s1. The molecule has 142 valence electrons. The number of ether oxygens (including phenoxy) is 1. The second-order valence-corrected chi connectivity index (χ2v) is 8.86. The Labute approximate surface area is 164 Å². The van der Waals surface area contributed by atoms with Crippen LogP contribution in [-0.2, 0) is 14.3 Å². The van der Waals surface area contributed by atoms with E-state index in [1.54, 1.807) is 11.8 Å². The smallest absolute Gasteiger partial charge is 0.315 e. The van der Waals surface area contributed by atoms with Gasteiger partial charge < -0.3 is 14.5 Å². The lowest BCUT2D eigenvalue weighted by Gasteiger charge is -2.37. The Balaban J connectivity index is 1.50. The number of rotatable bonds is 4. The minimum atomic E-state index is -1.08. The number of aryl methyl sites for hydroxylation is 1. The normalized spacial score (nSPS) is 24.3. The van der Waals surface area contributed by atoms with Crippen LogP contribution in [0.15, 0.2) is 18.2 Å². The van der Waals surface area contributed by atoms with Gasteiger partial charge in [0.25, 0.3) is 5.91 Å². The fraction of sp³-hybridized carbons (Fsp3) is 0.579. The molecule has 0 spiro atoms. The van der Waals surface area contributed by atoms with Crippen molar-refractivity contribution in [3.05, 3.63) is 29.3 Å². The summed E-state index contributed by atoms with van der Waals surface area (Å²) in [5, 5.41) is 0. The Bertz CT molecular complexity index is 729. The number of alkyl halides is 2. The molecule has 0 bridgehead atoms. The molecule has 1 aliphatic heterocycles. The summed E-state index contributed by atoms with van der Waals surface area (Å²) in [5.74, 6) is -0.692. The molecular formula is C19H24Cl2N2O3. The van der Waals surface area contributed by atoms with Gasteiger partial charge >= 0.3 is 5.97 Å². The number of carbonyl (C=O) groups is 2. The summed E-state index contributed by atoms with van der Waals surface area (Å²) in [4.78, 5) is 28.4. The second kappa shape index (κ2) is 6.93. The van der Waals surface area contributed by atoms with Gasteiger partial charge in [0.15, 0.2) is 6.61 Å². The van der Waals surface area contributed by atoms with E-state index in [0.29, 0.717) is 19.5 Å². The lowest BCUT2D eigenvalue weighted by atomic mass is 10.1. The molecule has 0 unspecified atom stereocenters. The summed E-state index contributed by atoms with van der Waals surface area (Å²) in [6, 6.07) is 6.27. The number of amides is 1. The molecule has 0 radical (unpaired) electrons. The van der Waals surface area contributed by atoms with Crippen LogP contribution in [0, 0.1) is 19.3 Å². The van der Waals surface area contributed by atoms with Crippen molar-refractivity contribution in [1.82, 2.24) is 4.90 Å². The third-order valence-electron chi connectivity index (χ3n) is 5.58. The van der Waals surface area contributed by atoms with E-state index >= 15 is 0 Å². The van der Waals surface area contributed by atoms with Gasteiger partial charge in [-0.05, 0) is 38.0 Å². The highest BCUT2D eigenvalue weighted by Crippen LogP contribution is 2.64. The molecule has 0 N–H and O–H groups in total. The third-order valence-corrected chi connectivity index (χ3v) is 6.69. The van der Waals surface area contributed by atoms with Crippen LogP contribution in [0.1, 0.15) is 24.5 Å². The number of halogens is 2. The Morgan fingerprint density at radius 2 is 1.77 bits per heavy atom. The van der Waals surface area contributed by atoms with Crippen LogP contribution < -0.4 is 4.90 Å². The van der Waals surface area contributed by atoms with Crippen LogP contribution in [-0.4, -0.2) is 53.9 Å². The van der Waals surface area contributed by atoms with E-state index in [1.807, 2.05) is 0 Å². The fourth-order valence-electron chi connectivity index (χ4n) is 3.27. The van der Waals surface area contributed by atoms with E-state index < -0.39 is 15.7 Å². The largest absolute Gasteiger partial charge is 0.455 e. The molecule has 2 fully saturated rings. The van der Waals surface area contributed by atoms with E-state index in [0.717, 1.165) is 13.1 Å². The van der Waals surface area contributed by atoms with Crippen molar-refractivity contribution < 1.29 is 14.3 Å². The maximum Gasteiger partial charge on any atom is 0.315 e. The lowest BCUT2D eigenvalue weighted by Crippen LogP contribution is -2.50. The van der Waals surface area contributed by atoms with E-state index in [9.17, 15) is 9.59 Å². The summed E-state index contributed by atoms with van der Waals surface area (Å²) in [6.45, 7) is 8.34. The van der Waals surface area contributed by atoms with Gasteiger partial charge in [-0.25, -0.2) is 0 Å². The number of hydrogen-bond acceptors (Lipinski definition) is 4. The Morgan fingerprint density at radius 3 is 2.35 bits per heavy atom. The molecule has 1 saturated heterocycles. The van der Waals surface area contributed by atoms with Gasteiger partial charge in [0, 0.05) is 38.3 Å². The SMILES string of the molecule is Cc1cccc(N2CCN(C(=O)COC(=O)[C@]3(C)CC3(Cl)Cl)CC2)c1C. The summed E-state index contributed by atoms with van der Waals surface area (Å²) in [7, 11) is 0. The number of piperazine rings is 1. The first-order valence-electron chi connectivity index (χ1n) is 8.80. The number of esters is 1. The van der Waals surface area contributed by atoms with Gasteiger partial charge in [0.1, 0.15) is 9.75 Å². The monoisotopic (exact) mass is 398 g/mol. The number of benzene rings is 1. The van der Waals surface area contributed by atoms with Crippen LogP contribution in [0.25, 0.3) is 0 Å². The average molecular weight is 399 g/mol. The van der Waals surface area contributed by atoms with Gasteiger partial charge in [-0.15, -0.1) is 23.2 Å². The highest BCUT2D eigenvalue weighted by atomic mass is 35.5. The predicted octanol–water partition coefficient (Wildman–Crippen LogP) is 3.08. The molecule has 1 aliphatic carbocycles. The van der Waals surface area contributed by atoms with Crippen LogP contribution >= 0.6 is 23.2 Å². The van der Waals surface area contributed by atoms with Gasteiger partial charge in [-0.2, -0.15) is 0 Å². The zero-order valence-electron chi connectivity index (χ0n) is 15.3. The zero-order valence-corrected chi connectivity index (χ0v) is 16.9. The Kier molecular flexibility index (Phi) is 5.15. The summed E-state index contributed by atoms with van der Waals surface area (Å²) in [6.07, 6.45) is 0.352. The number of hydrogen-bond donors (Lipinski definition) is 0. The van der Waals surface area contributed by atoms with Crippen molar-refractivity contribution >= 4 is 40.8 Å². The van der Waals surface area contributed by atoms with Crippen molar-refractivity contribution in [2.24, 2.45) is 5.41 Å². The van der Waals surface area contributed by atoms with E-state index in [4.69, 9.17) is 27.9 Å². The van der Waals surface area contributed by atoms with Gasteiger partial charge in [0.05, 0.1) is 0 Å². The minimum Gasteiger partial charge on any atom is -0.455 e. The average Bonchev–Trinajstić information content (AvgIpc) is 3.14. The number of nitrogens with zero attached hydrogens (tertiary/aromatic N) is 2. The van der Waals surface area contributed by atoms with Crippen molar-refractivity contribution in [2.75, 3.05) is 37.7 Å². The van der Waals surface area contributed by atoms with Crippen LogP contribution in [0.5, 0.6) is 0 Å². The summed E-state index contributed by atoms with van der Waals surface area (Å²) in [5.41, 5.74) is 2.84. The number of carbonyl (C=O) groups excluding carboxylic acids is 2. The van der Waals surface area contributed by atoms with Crippen LogP contribution in [0.3, 0.4) is 0 Å². The highest BCUT2D eigenvalue weighted by molar-refractivity contribution is 6.53. The van der Waals surface area contributed by atoms with E-state index in [-0.39, 0.29) is 12.5 Å². The molecule has 7 heteroatoms. The number of anilines is 1. The zero-order chi connectivity index (χ0) is 19.1. The van der Waals surface area contributed by atoms with Crippen molar-refractivity contribution in [3.63, 3.8) is 0 Å². The van der Waals surface area contributed by atoms with Crippen molar-refractivity contribution in [3.8, 4) is 0 Å². The maximum absolute atomic E-state index is 12.3. The summed E-state index contributed by atoms with van der Waals surface area (Å²) >= 11 is 11.9. The maximum atomic E-state index is 12.3. The predicted molar refractivity (Wildman–Crippen MR) is 103 cm³/mol. The van der Waals surface area contributed by atoms with Gasteiger partial charge in [0.2, 0.25) is 0 Å². The molecule has 1 saturated carbocycles. The first kappa shape index (κ1) is 19.3. The molecule has 1 atom stereocenters. The molecule has 0 aromatic heterocycles. The molecular weight excluding hydrogens is 375 g/mol. The van der Waals surface area contributed by atoms with Crippen molar-refractivity contribution in [1.29, 1.82) is 0 Å². The first-order chi connectivity index (χ1) is 12.2.